The predicted molar refractivity (Wildman–Crippen MR) is 132 cm³/mol. The Balaban J connectivity index is 0.00000259. The molecule has 172 valence electrons. The second-order valence-corrected chi connectivity index (χ2v) is 8.68. The van der Waals surface area contributed by atoms with E-state index in [1.54, 1.807) is 23.2 Å². The first-order chi connectivity index (χ1) is 15.5. The first-order valence-electron chi connectivity index (χ1n) is 11.0. The molecule has 2 aliphatic rings. The van der Waals surface area contributed by atoms with Gasteiger partial charge in [-0.2, -0.15) is 0 Å². The van der Waals surface area contributed by atoms with Crippen molar-refractivity contribution in [3.63, 3.8) is 0 Å². The number of benzene rings is 1. The summed E-state index contributed by atoms with van der Waals surface area (Å²) in [5, 5.41) is 4.13. The third kappa shape index (κ3) is 4.51. The van der Waals surface area contributed by atoms with Gasteiger partial charge in [0, 0.05) is 49.7 Å². The van der Waals surface area contributed by atoms with Crippen molar-refractivity contribution in [2.75, 3.05) is 18.9 Å². The number of hydrogen-bond donors (Lipinski definition) is 1. The minimum absolute atomic E-state index is 0. The number of rotatable bonds is 4. The van der Waals surface area contributed by atoms with E-state index in [0.717, 1.165) is 41.7 Å². The Kier molecular flexibility index (Phi) is 6.54. The summed E-state index contributed by atoms with van der Waals surface area (Å²) in [6.07, 6.45) is 7.01. The van der Waals surface area contributed by atoms with Gasteiger partial charge in [-0.1, -0.05) is 18.2 Å². The molecule has 3 aromatic rings. The van der Waals surface area contributed by atoms with Crippen LogP contribution in [0.1, 0.15) is 29.7 Å². The molecule has 1 atom stereocenters. The number of amides is 2. The fourth-order valence-electron chi connectivity index (χ4n) is 4.70. The number of carbonyl (C=O) groups excluding carboxylic acids is 2. The first kappa shape index (κ1) is 23.0. The van der Waals surface area contributed by atoms with E-state index in [2.05, 4.69) is 38.0 Å². The Morgan fingerprint density at radius 3 is 2.94 bits per heavy atom. The number of anilines is 1. The molecule has 0 radical (unpaired) electrons. The molecule has 33 heavy (non-hydrogen) atoms. The van der Waals surface area contributed by atoms with Gasteiger partial charge in [0.1, 0.15) is 5.82 Å². The number of para-hydroxylation sites is 1. The molecule has 0 aliphatic carbocycles. The fourth-order valence-corrected chi connectivity index (χ4v) is 4.70. The van der Waals surface area contributed by atoms with E-state index in [4.69, 9.17) is 0 Å². The standard InChI is InChI=1S/C25H27N5O2.ClH/c1-28(16-20-13-18-6-3-4-7-21(18)29(20)2)23(31)10-9-17-12-19-15-30-11-5-8-22(30)25(32)27-24(19)26-14-17;/h3-4,6-7,9-10,12-14,22H,5,8,11,15-16H2,1-2H3,(H,26,27,32);1H/b10-9+;. The second kappa shape index (κ2) is 9.37. The van der Waals surface area contributed by atoms with Crippen LogP contribution in [0.15, 0.2) is 48.7 Å². The molecular formula is C25H28ClN5O2. The van der Waals surface area contributed by atoms with Crippen LogP contribution in [0, 0.1) is 0 Å². The zero-order chi connectivity index (χ0) is 22.2. The van der Waals surface area contributed by atoms with Gasteiger partial charge in [0.2, 0.25) is 11.8 Å². The van der Waals surface area contributed by atoms with Crippen molar-refractivity contribution in [2.24, 2.45) is 7.05 Å². The summed E-state index contributed by atoms with van der Waals surface area (Å²) in [6, 6.07) is 12.3. The number of carbonyl (C=O) groups is 2. The van der Waals surface area contributed by atoms with Gasteiger partial charge in [0.25, 0.3) is 0 Å². The zero-order valence-corrected chi connectivity index (χ0v) is 19.6. The lowest BCUT2D eigenvalue weighted by molar-refractivity contribution is -0.125. The maximum absolute atomic E-state index is 12.7. The third-order valence-corrected chi connectivity index (χ3v) is 6.51. The lowest BCUT2D eigenvalue weighted by Gasteiger charge is -2.19. The lowest BCUT2D eigenvalue weighted by atomic mass is 10.1. The number of nitrogens with zero attached hydrogens (tertiary/aromatic N) is 4. The van der Waals surface area contributed by atoms with Gasteiger partial charge in [0.05, 0.1) is 12.6 Å². The summed E-state index contributed by atoms with van der Waals surface area (Å²) in [6.45, 7) is 2.15. The minimum atomic E-state index is -0.0712. The van der Waals surface area contributed by atoms with E-state index in [0.29, 0.717) is 18.9 Å². The van der Waals surface area contributed by atoms with Crippen LogP contribution in [0.25, 0.3) is 17.0 Å². The smallest absolute Gasteiger partial charge is 0.246 e. The van der Waals surface area contributed by atoms with E-state index in [1.165, 1.54) is 5.39 Å². The summed E-state index contributed by atoms with van der Waals surface area (Å²) >= 11 is 0. The minimum Gasteiger partial charge on any atom is -0.346 e. The topological polar surface area (TPSA) is 70.5 Å². The van der Waals surface area contributed by atoms with Gasteiger partial charge >= 0.3 is 0 Å². The predicted octanol–water partition coefficient (Wildman–Crippen LogP) is 3.58. The first-order valence-corrected chi connectivity index (χ1v) is 11.0. The molecule has 1 aromatic carbocycles. The molecule has 2 amide bonds. The molecular weight excluding hydrogens is 438 g/mol. The van der Waals surface area contributed by atoms with Crippen LogP contribution in [-0.4, -0.2) is 50.8 Å². The van der Waals surface area contributed by atoms with Crippen LogP contribution in [-0.2, 0) is 29.7 Å². The Morgan fingerprint density at radius 2 is 2.12 bits per heavy atom. The Morgan fingerprint density at radius 1 is 1.30 bits per heavy atom. The average Bonchev–Trinajstić information content (AvgIpc) is 3.35. The van der Waals surface area contributed by atoms with Crippen molar-refractivity contribution < 1.29 is 9.59 Å². The van der Waals surface area contributed by atoms with Gasteiger partial charge in [-0.25, -0.2) is 4.98 Å². The SMILES string of the molecule is CN(Cc1cc2ccccc2n1C)C(=O)/C=C/c1cnc2c(c1)CN1CCCC1C(=O)N2.Cl. The Bertz CT molecular complexity index is 1230. The number of pyridine rings is 1. The Hall–Kier alpha value is -3.16. The normalized spacial score (nSPS) is 17.9. The van der Waals surface area contributed by atoms with Crippen molar-refractivity contribution in [2.45, 2.75) is 32.0 Å². The van der Waals surface area contributed by atoms with Crippen LogP contribution in [0.4, 0.5) is 5.82 Å². The van der Waals surface area contributed by atoms with Crippen molar-refractivity contribution in [1.82, 2.24) is 19.4 Å². The number of nitrogens with one attached hydrogen (secondary N) is 1. The van der Waals surface area contributed by atoms with Crippen LogP contribution >= 0.6 is 12.4 Å². The third-order valence-electron chi connectivity index (χ3n) is 6.51. The average molecular weight is 466 g/mol. The van der Waals surface area contributed by atoms with Crippen LogP contribution in [0.3, 0.4) is 0 Å². The number of hydrogen-bond acceptors (Lipinski definition) is 4. The number of halogens is 1. The van der Waals surface area contributed by atoms with E-state index >= 15 is 0 Å². The highest BCUT2D eigenvalue weighted by molar-refractivity contribution is 5.96. The van der Waals surface area contributed by atoms with E-state index < -0.39 is 0 Å². The number of likely N-dealkylation sites (N-methyl/N-ethyl adjacent to an activating group) is 1. The van der Waals surface area contributed by atoms with Crippen LogP contribution < -0.4 is 5.32 Å². The Labute approximate surface area is 199 Å². The summed E-state index contributed by atoms with van der Waals surface area (Å²) in [4.78, 5) is 33.5. The molecule has 1 fully saturated rings. The van der Waals surface area contributed by atoms with Crippen LogP contribution in [0.2, 0.25) is 0 Å². The largest absolute Gasteiger partial charge is 0.346 e. The van der Waals surface area contributed by atoms with E-state index in [-0.39, 0.29) is 30.3 Å². The summed E-state index contributed by atoms with van der Waals surface area (Å²) in [5.74, 6) is 0.584. The number of aryl methyl sites for hydroxylation is 1. The molecule has 0 spiro atoms. The van der Waals surface area contributed by atoms with Gasteiger partial charge in [-0.3, -0.25) is 14.5 Å². The number of fused-ring (bicyclic) bond motifs is 3. The van der Waals surface area contributed by atoms with E-state index in [9.17, 15) is 9.59 Å². The lowest BCUT2D eigenvalue weighted by Crippen LogP contribution is -2.36. The number of aromatic nitrogens is 2. The molecule has 5 rings (SSSR count). The van der Waals surface area contributed by atoms with Gasteiger partial charge in [-0.15, -0.1) is 12.4 Å². The van der Waals surface area contributed by atoms with Crippen LogP contribution in [0.5, 0.6) is 0 Å². The van der Waals surface area contributed by atoms with Gasteiger partial charge < -0.3 is 14.8 Å². The van der Waals surface area contributed by atoms with E-state index in [1.807, 2.05) is 32.3 Å². The maximum atomic E-state index is 12.7. The summed E-state index contributed by atoms with van der Waals surface area (Å²) in [5.41, 5.74) is 4.07. The molecule has 4 heterocycles. The highest BCUT2D eigenvalue weighted by Crippen LogP contribution is 2.28. The van der Waals surface area contributed by atoms with Crippen molar-refractivity contribution >= 4 is 47.0 Å². The van der Waals surface area contributed by atoms with Crippen molar-refractivity contribution in [3.05, 3.63) is 65.5 Å². The van der Waals surface area contributed by atoms with Crippen molar-refractivity contribution in [3.8, 4) is 0 Å². The summed E-state index contributed by atoms with van der Waals surface area (Å²) < 4.78 is 2.12. The molecule has 0 bridgehead atoms. The molecule has 1 N–H and O–H groups in total. The fraction of sp³-hybridized carbons (Fsp3) is 0.320. The molecule has 1 saturated heterocycles. The molecule has 7 nitrogen and oxygen atoms in total. The van der Waals surface area contributed by atoms with Gasteiger partial charge in [0.15, 0.2) is 0 Å². The molecule has 2 aromatic heterocycles. The molecule has 1 unspecified atom stereocenters. The van der Waals surface area contributed by atoms with Gasteiger partial charge in [-0.05, 0) is 54.6 Å². The summed E-state index contributed by atoms with van der Waals surface area (Å²) in [7, 11) is 3.83. The quantitative estimate of drug-likeness (QED) is 0.598. The zero-order valence-electron chi connectivity index (χ0n) is 18.8. The highest BCUT2D eigenvalue weighted by Gasteiger charge is 2.34. The maximum Gasteiger partial charge on any atom is 0.246 e. The molecule has 0 saturated carbocycles. The molecule has 2 aliphatic heterocycles. The molecule has 8 heteroatoms. The highest BCUT2D eigenvalue weighted by atomic mass is 35.5. The monoisotopic (exact) mass is 465 g/mol. The van der Waals surface area contributed by atoms with Crippen molar-refractivity contribution in [1.29, 1.82) is 0 Å². The second-order valence-electron chi connectivity index (χ2n) is 8.68.